The number of ether oxygens (including phenoxy) is 2. The first-order valence-corrected chi connectivity index (χ1v) is 9.28. The van der Waals surface area contributed by atoms with Gasteiger partial charge in [-0.15, -0.1) is 0 Å². The van der Waals surface area contributed by atoms with Crippen molar-refractivity contribution in [1.29, 1.82) is 0 Å². The summed E-state index contributed by atoms with van der Waals surface area (Å²) < 4.78 is 10.8. The van der Waals surface area contributed by atoms with Crippen LogP contribution in [0.3, 0.4) is 0 Å². The number of hydrogen-bond donors (Lipinski definition) is 3. The van der Waals surface area contributed by atoms with Gasteiger partial charge in [0, 0.05) is 31.5 Å². The topological polar surface area (TPSA) is 106 Å². The number of carbonyl (C=O) groups excluding carboxylic acids is 3. The normalized spacial score (nSPS) is 10.8. The Kier molecular flexibility index (Phi) is 9.27. The maximum absolute atomic E-state index is 11.9. The predicted molar refractivity (Wildman–Crippen MR) is 106 cm³/mol. The molecule has 0 fully saturated rings. The zero-order valence-corrected chi connectivity index (χ0v) is 17.3. The van der Waals surface area contributed by atoms with Crippen molar-refractivity contribution in [2.24, 2.45) is 5.41 Å². The van der Waals surface area contributed by atoms with E-state index in [1.165, 1.54) is 7.11 Å². The van der Waals surface area contributed by atoms with E-state index < -0.39 is 5.41 Å². The van der Waals surface area contributed by atoms with Crippen LogP contribution in [-0.4, -0.2) is 44.5 Å². The summed E-state index contributed by atoms with van der Waals surface area (Å²) in [5.41, 5.74) is 0.350. The first-order valence-electron chi connectivity index (χ1n) is 9.28. The molecule has 0 bridgehead atoms. The van der Waals surface area contributed by atoms with Crippen LogP contribution < -0.4 is 25.4 Å². The zero-order chi connectivity index (χ0) is 21.2. The molecule has 0 spiro atoms. The van der Waals surface area contributed by atoms with E-state index in [1.807, 2.05) is 27.7 Å². The molecule has 8 nitrogen and oxygen atoms in total. The number of methoxy groups -OCH3 is 1. The van der Waals surface area contributed by atoms with Crippen molar-refractivity contribution in [2.45, 2.75) is 40.7 Å². The molecule has 3 amide bonds. The van der Waals surface area contributed by atoms with E-state index in [0.29, 0.717) is 24.6 Å². The molecule has 1 aromatic rings. The van der Waals surface area contributed by atoms with Crippen molar-refractivity contribution in [3.8, 4) is 11.5 Å². The molecular weight excluding hydrogens is 362 g/mol. The molecule has 0 atom stereocenters. The van der Waals surface area contributed by atoms with E-state index >= 15 is 0 Å². The minimum Gasteiger partial charge on any atom is -0.493 e. The average molecular weight is 393 g/mol. The van der Waals surface area contributed by atoms with E-state index in [9.17, 15) is 14.4 Å². The van der Waals surface area contributed by atoms with Crippen molar-refractivity contribution < 1.29 is 23.9 Å². The van der Waals surface area contributed by atoms with E-state index in [2.05, 4.69) is 16.0 Å². The molecule has 0 unspecified atom stereocenters. The lowest BCUT2D eigenvalue weighted by Crippen LogP contribution is -2.37. The third-order valence-electron chi connectivity index (χ3n) is 3.77. The average Bonchev–Trinajstić information content (AvgIpc) is 2.64. The molecule has 0 aliphatic carbocycles. The summed E-state index contributed by atoms with van der Waals surface area (Å²) in [7, 11) is 1.51. The summed E-state index contributed by atoms with van der Waals surface area (Å²) in [5.74, 6) is 0.472. The van der Waals surface area contributed by atoms with Gasteiger partial charge in [0.25, 0.3) is 5.91 Å². The lowest BCUT2D eigenvalue weighted by atomic mass is 9.96. The standard InChI is InChI=1S/C20H31N3O5/c1-6-21-18(25)13-28-15-8-7-14(11-16(15)27-5)12-23-17(24)9-10-22-19(26)20(2,3)4/h7-8,11H,6,9-10,12-13H2,1-5H3,(H,21,25)(H,22,26)(H,23,24). The van der Waals surface area contributed by atoms with E-state index in [0.717, 1.165) is 5.56 Å². The fourth-order valence-electron chi connectivity index (χ4n) is 2.18. The summed E-state index contributed by atoms with van der Waals surface area (Å²) in [6, 6.07) is 5.23. The third-order valence-corrected chi connectivity index (χ3v) is 3.77. The first-order chi connectivity index (χ1) is 13.2. The van der Waals surface area contributed by atoms with Crippen LogP contribution in [0.1, 0.15) is 39.7 Å². The molecule has 8 heteroatoms. The van der Waals surface area contributed by atoms with Gasteiger partial charge in [-0.1, -0.05) is 26.8 Å². The Morgan fingerprint density at radius 3 is 2.32 bits per heavy atom. The van der Waals surface area contributed by atoms with Crippen LogP contribution >= 0.6 is 0 Å². The monoisotopic (exact) mass is 393 g/mol. The van der Waals surface area contributed by atoms with Gasteiger partial charge in [0.2, 0.25) is 11.8 Å². The van der Waals surface area contributed by atoms with E-state index in [1.54, 1.807) is 18.2 Å². The number of rotatable bonds is 10. The minimum absolute atomic E-state index is 0.0896. The fraction of sp³-hybridized carbons (Fsp3) is 0.550. The maximum atomic E-state index is 11.9. The Hall–Kier alpha value is -2.77. The first kappa shape index (κ1) is 23.3. The van der Waals surface area contributed by atoms with Crippen molar-refractivity contribution >= 4 is 17.7 Å². The molecule has 0 aliphatic heterocycles. The summed E-state index contributed by atoms with van der Waals surface area (Å²) in [6.45, 7) is 8.34. The van der Waals surface area contributed by atoms with E-state index in [-0.39, 0.29) is 37.3 Å². The Morgan fingerprint density at radius 1 is 1.00 bits per heavy atom. The summed E-state index contributed by atoms with van der Waals surface area (Å²) in [5, 5.41) is 8.19. The second-order valence-electron chi connectivity index (χ2n) is 7.26. The fourth-order valence-corrected chi connectivity index (χ4v) is 2.18. The Bertz CT molecular complexity index is 683. The van der Waals surface area contributed by atoms with Gasteiger partial charge in [-0.3, -0.25) is 14.4 Å². The number of likely N-dealkylation sites (N-methyl/N-ethyl adjacent to an activating group) is 1. The molecule has 0 aromatic heterocycles. The second kappa shape index (κ2) is 11.2. The highest BCUT2D eigenvalue weighted by Gasteiger charge is 2.20. The maximum Gasteiger partial charge on any atom is 0.257 e. The quantitative estimate of drug-likeness (QED) is 0.557. The largest absolute Gasteiger partial charge is 0.493 e. The zero-order valence-electron chi connectivity index (χ0n) is 17.3. The van der Waals surface area contributed by atoms with Crippen LogP contribution in [0.25, 0.3) is 0 Å². The highest BCUT2D eigenvalue weighted by Crippen LogP contribution is 2.28. The van der Waals surface area contributed by atoms with Gasteiger partial charge in [0.15, 0.2) is 18.1 Å². The van der Waals surface area contributed by atoms with Gasteiger partial charge in [-0.05, 0) is 24.6 Å². The molecule has 1 aromatic carbocycles. The highest BCUT2D eigenvalue weighted by atomic mass is 16.5. The number of nitrogens with one attached hydrogen (secondary N) is 3. The van der Waals surface area contributed by atoms with Gasteiger partial charge < -0.3 is 25.4 Å². The van der Waals surface area contributed by atoms with Crippen LogP contribution in [0.5, 0.6) is 11.5 Å². The minimum atomic E-state index is -0.478. The van der Waals surface area contributed by atoms with Crippen molar-refractivity contribution in [2.75, 3.05) is 26.8 Å². The summed E-state index contributed by atoms with van der Waals surface area (Å²) in [6.07, 6.45) is 0.201. The number of benzene rings is 1. The van der Waals surface area contributed by atoms with Crippen LogP contribution in [0.15, 0.2) is 18.2 Å². The third kappa shape index (κ3) is 8.28. The summed E-state index contributed by atoms with van der Waals surface area (Å²) in [4.78, 5) is 35.2. The molecule has 28 heavy (non-hydrogen) atoms. The lowest BCUT2D eigenvalue weighted by molar-refractivity contribution is -0.128. The molecular formula is C20H31N3O5. The van der Waals surface area contributed by atoms with Crippen molar-refractivity contribution in [1.82, 2.24) is 16.0 Å². The van der Waals surface area contributed by atoms with Crippen molar-refractivity contribution in [3.05, 3.63) is 23.8 Å². The second-order valence-corrected chi connectivity index (χ2v) is 7.26. The molecule has 156 valence electrons. The molecule has 0 radical (unpaired) electrons. The van der Waals surface area contributed by atoms with Crippen LogP contribution in [0.2, 0.25) is 0 Å². The van der Waals surface area contributed by atoms with Crippen LogP contribution in [0, 0.1) is 5.41 Å². The molecule has 0 saturated carbocycles. The summed E-state index contributed by atoms with van der Waals surface area (Å²) >= 11 is 0. The molecule has 0 heterocycles. The Morgan fingerprint density at radius 2 is 1.71 bits per heavy atom. The smallest absolute Gasteiger partial charge is 0.257 e. The SMILES string of the molecule is CCNC(=O)COc1ccc(CNC(=O)CCNC(=O)C(C)(C)C)cc1OC. The van der Waals surface area contributed by atoms with Gasteiger partial charge in [0.1, 0.15) is 0 Å². The van der Waals surface area contributed by atoms with Crippen LogP contribution in [-0.2, 0) is 20.9 Å². The van der Waals surface area contributed by atoms with E-state index in [4.69, 9.17) is 9.47 Å². The number of carbonyl (C=O) groups is 3. The molecule has 0 aliphatic rings. The van der Waals surface area contributed by atoms with Gasteiger partial charge in [-0.25, -0.2) is 0 Å². The van der Waals surface area contributed by atoms with Gasteiger partial charge >= 0.3 is 0 Å². The van der Waals surface area contributed by atoms with Crippen LogP contribution in [0.4, 0.5) is 0 Å². The van der Waals surface area contributed by atoms with Crippen molar-refractivity contribution in [3.63, 3.8) is 0 Å². The molecule has 0 saturated heterocycles. The lowest BCUT2D eigenvalue weighted by Gasteiger charge is -2.17. The predicted octanol–water partition coefficient (Wildman–Crippen LogP) is 1.38. The Balaban J connectivity index is 2.48. The van der Waals surface area contributed by atoms with Gasteiger partial charge in [0.05, 0.1) is 7.11 Å². The molecule has 1 rings (SSSR count). The highest BCUT2D eigenvalue weighted by molar-refractivity contribution is 5.82. The number of amides is 3. The van der Waals surface area contributed by atoms with Gasteiger partial charge in [-0.2, -0.15) is 0 Å². The molecule has 3 N–H and O–H groups in total. The number of hydrogen-bond acceptors (Lipinski definition) is 5. The Labute approximate surface area is 166 Å².